The Morgan fingerprint density at radius 2 is 2.07 bits per heavy atom. The van der Waals surface area contributed by atoms with Crippen molar-refractivity contribution < 1.29 is 14.9 Å². The van der Waals surface area contributed by atoms with Gasteiger partial charge in [-0.1, -0.05) is 26.0 Å². The van der Waals surface area contributed by atoms with Crippen LogP contribution in [-0.4, -0.2) is 35.6 Å². The van der Waals surface area contributed by atoms with Crippen LogP contribution in [0.3, 0.4) is 0 Å². The number of methoxy groups -OCH3 is 1. The van der Waals surface area contributed by atoms with Crippen molar-refractivity contribution in [3.05, 3.63) is 23.8 Å². The maximum absolute atomic E-state index is 9.79. The highest BCUT2D eigenvalue weighted by Gasteiger charge is 2.22. The van der Waals surface area contributed by atoms with Gasteiger partial charge < -0.3 is 14.9 Å². The summed E-state index contributed by atoms with van der Waals surface area (Å²) in [5.41, 5.74) is 0.817. The predicted octanol–water partition coefficient (Wildman–Crippen LogP) is 0.875. The Balaban J connectivity index is 2.76. The summed E-state index contributed by atoms with van der Waals surface area (Å²) in [7, 11) is 1.54. The Hall–Kier alpha value is -0.640. The molecule has 3 atom stereocenters. The normalized spacial score (nSPS) is 29.1. The van der Waals surface area contributed by atoms with Crippen LogP contribution in [0.15, 0.2) is 23.8 Å². The Labute approximate surface area is 84.7 Å². The summed E-state index contributed by atoms with van der Waals surface area (Å²) in [6.07, 6.45) is 3.73. The van der Waals surface area contributed by atoms with Crippen molar-refractivity contribution in [2.75, 3.05) is 7.11 Å². The van der Waals surface area contributed by atoms with Crippen LogP contribution in [0.25, 0.3) is 0 Å². The van der Waals surface area contributed by atoms with Crippen LogP contribution in [0.5, 0.6) is 0 Å². The molecule has 3 unspecified atom stereocenters. The van der Waals surface area contributed by atoms with Crippen LogP contribution in [0.2, 0.25) is 0 Å². The van der Waals surface area contributed by atoms with E-state index in [1.54, 1.807) is 25.3 Å². The lowest BCUT2D eigenvalue weighted by Gasteiger charge is -2.24. The molecule has 0 amide bonds. The topological polar surface area (TPSA) is 49.7 Å². The van der Waals surface area contributed by atoms with Crippen molar-refractivity contribution in [2.24, 2.45) is 5.92 Å². The first-order valence-electron chi connectivity index (χ1n) is 4.85. The average molecular weight is 198 g/mol. The SMILES string of the molecule is COC1C=C(C(O)C(C)C)C=CC1O. The highest BCUT2D eigenvalue weighted by atomic mass is 16.5. The van der Waals surface area contributed by atoms with Gasteiger partial charge in [0.05, 0.1) is 6.10 Å². The van der Waals surface area contributed by atoms with Crippen molar-refractivity contribution in [1.29, 1.82) is 0 Å². The molecule has 0 aromatic carbocycles. The van der Waals surface area contributed by atoms with E-state index in [0.717, 1.165) is 5.57 Å². The molecule has 1 aliphatic carbocycles. The first kappa shape index (κ1) is 11.4. The molecule has 0 aliphatic heterocycles. The summed E-state index contributed by atoms with van der Waals surface area (Å²) >= 11 is 0. The number of ether oxygens (including phenoxy) is 1. The van der Waals surface area contributed by atoms with Crippen molar-refractivity contribution in [2.45, 2.75) is 32.2 Å². The average Bonchev–Trinajstić information content (AvgIpc) is 2.17. The minimum Gasteiger partial charge on any atom is -0.388 e. The fraction of sp³-hybridized carbons (Fsp3) is 0.636. The van der Waals surface area contributed by atoms with Crippen LogP contribution in [0.1, 0.15) is 13.8 Å². The highest BCUT2D eigenvalue weighted by molar-refractivity contribution is 5.30. The zero-order valence-corrected chi connectivity index (χ0v) is 8.84. The molecule has 1 aliphatic rings. The molecule has 0 spiro atoms. The molecule has 0 aromatic heterocycles. The minimum absolute atomic E-state index is 0.165. The molecule has 0 saturated heterocycles. The predicted molar refractivity (Wildman–Crippen MR) is 54.9 cm³/mol. The van der Waals surface area contributed by atoms with E-state index in [1.807, 2.05) is 13.8 Å². The van der Waals surface area contributed by atoms with E-state index in [0.29, 0.717) is 0 Å². The Morgan fingerprint density at radius 1 is 1.43 bits per heavy atom. The molecule has 0 fully saturated rings. The zero-order valence-electron chi connectivity index (χ0n) is 8.84. The molecule has 0 aromatic rings. The molecule has 0 saturated carbocycles. The van der Waals surface area contributed by atoms with E-state index >= 15 is 0 Å². The molecule has 3 heteroatoms. The minimum atomic E-state index is -0.608. The third-order valence-electron chi connectivity index (χ3n) is 2.42. The number of rotatable bonds is 3. The van der Waals surface area contributed by atoms with Crippen LogP contribution in [0, 0.1) is 5.92 Å². The second-order valence-corrected chi connectivity index (χ2v) is 3.91. The molecule has 14 heavy (non-hydrogen) atoms. The standard InChI is InChI=1S/C11H18O3/c1-7(2)11(13)8-4-5-9(12)10(6-8)14-3/h4-7,9-13H,1-3H3. The molecule has 80 valence electrons. The number of aliphatic hydroxyl groups excluding tert-OH is 2. The third kappa shape index (κ3) is 2.44. The third-order valence-corrected chi connectivity index (χ3v) is 2.42. The summed E-state index contributed by atoms with van der Waals surface area (Å²) in [4.78, 5) is 0. The van der Waals surface area contributed by atoms with Gasteiger partial charge in [0.2, 0.25) is 0 Å². The van der Waals surface area contributed by atoms with E-state index in [1.165, 1.54) is 0 Å². The van der Waals surface area contributed by atoms with E-state index in [2.05, 4.69) is 0 Å². The summed E-state index contributed by atoms with van der Waals surface area (Å²) in [6.45, 7) is 3.90. The lowest BCUT2D eigenvalue weighted by atomic mass is 9.93. The highest BCUT2D eigenvalue weighted by Crippen LogP contribution is 2.20. The second-order valence-electron chi connectivity index (χ2n) is 3.91. The second kappa shape index (κ2) is 4.73. The summed E-state index contributed by atoms with van der Waals surface area (Å²) in [6, 6.07) is 0. The van der Waals surface area contributed by atoms with Crippen LogP contribution in [0.4, 0.5) is 0 Å². The molecular formula is C11H18O3. The smallest absolute Gasteiger partial charge is 0.105 e. The number of aliphatic hydroxyl groups is 2. The van der Waals surface area contributed by atoms with Gasteiger partial charge in [-0.05, 0) is 17.6 Å². The molecule has 2 N–H and O–H groups in total. The van der Waals surface area contributed by atoms with E-state index in [4.69, 9.17) is 4.74 Å². The van der Waals surface area contributed by atoms with Gasteiger partial charge in [-0.15, -0.1) is 0 Å². The van der Waals surface area contributed by atoms with Gasteiger partial charge in [0.25, 0.3) is 0 Å². The fourth-order valence-electron chi connectivity index (χ4n) is 1.45. The lowest BCUT2D eigenvalue weighted by molar-refractivity contribution is 0.0389. The molecule has 0 bridgehead atoms. The Morgan fingerprint density at radius 3 is 2.57 bits per heavy atom. The quantitative estimate of drug-likeness (QED) is 0.707. The van der Waals surface area contributed by atoms with Crippen LogP contribution in [-0.2, 0) is 4.74 Å². The van der Waals surface area contributed by atoms with Crippen molar-refractivity contribution >= 4 is 0 Å². The van der Waals surface area contributed by atoms with Crippen LogP contribution >= 0.6 is 0 Å². The largest absolute Gasteiger partial charge is 0.388 e. The van der Waals surface area contributed by atoms with Gasteiger partial charge in [0, 0.05) is 7.11 Å². The molecular weight excluding hydrogens is 180 g/mol. The molecule has 0 radical (unpaired) electrons. The fourth-order valence-corrected chi connectivity index (χ4v) is 1.45. The van der Waals surface area contributed by atoms with Gasteiger partial charge >= 0.3 is 0 Å². The van der Waals surface area contributed by atoms with Crippen molar-refractivity contribution in [3.63, 3.8) is 0 Å². The van der Waals surface area contributed by atoms with Gasteiger partial charge in [0.15, 0.2) is 0 Å². The number of hydrogen-bond donors (Lipinski definition) is 2. The molecule has 0 heterocycles. The maximum atomic E-state index is 9.79. The lowest BCUT2D eigenvalue weighted by Crippen LogP contribution is -2.29. The molecule has 3 nitrogen and oxygen atoms in total. The summed E-state index contributed by atoms with van der Waals surface area (Å²) in [5.74, 6) is 0.165. The van der Waals surface area contributed by atoms with E-state index in [-0.39, 0.29) is 12.0 Å². The zero-order chi connectivity index (χ0) is 10.7. The van der Waals surface area contributed by atoms with Crippen molar-refractivity contribution in [3.8, 4) is 0 Å². The van der Waals surface area contributed by atoms with Gasteiger partial charge in [-0.25, -0.2) is 0 Å². The Bertz CT molecular complexity index is 243. The maximum Gasteiger partial charge on any atom is 0.105 e. The Kier molecular flexibility index (Phi) is 3.86. The first-order valence-corrected chi connectivity index (χ1v) is 4.85. The van der Waals surface area contributed by atoms with Gasteiger partial charge in [-0.2, -0.15) is 0 Å². The van der Waals surface area contributed by atoms with Crippen molar-refractivity contribution in [1.82, 2.24) is 0 Å². The van der Waals surface area contributed by atoms with E-state index in [9.17, 15) is 10.2 Å². The van der Waals surface area contributed by atoms with E-state index < -0.39 is 12.2 Å². The summed E-state index contributed by atoms with van der Waals surface area (Å²) < 4.78 is 5.07. The van der Waals surface area contributed by atoms with Gasteiger partial charge in [-0.3, -0.25) is 0 Å². The van der Waals surface area contributed by atoms with Crippen LogP contribution < -0.4 is 0 Å². The monoisotopic (exact) mass is 198 g/mol. The van der Waals surface area contributed by atoms with Gasteiger partial charge in [0.1, 0.15) is 12.2 Å². The molecule has 1 rings (SSSR count). The summed E-state index contributed by atoms with van der Waals surface area (Å²) in [5, 5.41) is 19.3. The number of hydrogen-bond acceptors (Lipinski definition) is 3. The first-order chi connectivity index (χ1) is 6.56.